The van der Waals surface area contributed by atoms with Gasteiger partial charge in [0.25, 0.3) is 0 Å². The first-order chi connectivity index (χ1) is 15.1. The Morgan fingerprint density at radius 1 is 1.06 bits per heavy atom. The predicted molar refractivity (Wildman–Crippen MR) is 123 cm³/mol. The highest BCUT2D eigenvalue weighted by molar-refractivity contribution is 7.92. The largest absolute Gasteiger partial charge is 0.354 e. The van der Waals surface area contributed by atoms with Crippen molar-refractivity contribution in [3.63, 3.8) is 0 Å². The first-order valence-corrected chi connectivity index (χ1v) is 12.3. The van der Waals surface area contributed by atoms with Crippen LogP contribution in [0.15, 0.2) is 54.6 Å². The summed E-state index contributed by atoms with van der Waals surface area (Å²) in [4.78, 5) is 27.2. The summed E-state index contributed by atoms with van der Waals surface area (Å²) in [6, 6.07) is 13.3. The second-order valence-electron chi connectivity index (χ2n) is 7.54. The molecule has 1 atom stereocenters. The summed E-state index contributed by atoms with van der Waals surface area (Å²) in [5, 5.41) is 2.78. The fourth-order valence-electron chi connectivity index (χ4n) is 3.14. The van der Waals surface area contributed by atoms with Crippen LogP contribution >= 0.6 is 0 Å². The van der Waals surface area contributed by atoms with Gasteiger partial charge in [0.1, 0.15) is 18.4 Å². The van der Waals surface area contributed by atoms with Gasteiger partial charge in [-0.05, 0) is 31.5 Å². The van der Waals surface area contributed by atoms with Crippen molar-refractivity contribution < 1.29 is 22.4 Å². The molecule has 2 aromatic rings. The van der Waals surface area contributed by atoms with E-state index in [-0.39, 0.29) is 18.0 Å². The van der Waals surface area contributed by atoms with Gasteiger partial charge in [0.2, 0.25) is 21.8 Å². The van der Waals surface area contributed by atoms with E-state index in [1.807, 2.05) is 6.92 Å². The van der Waals surface area contributed by atoms with E-state index in [4.69, 9.17) is 0 Å². The van der Waals surface area contributed by atoms with E-state index < -0.39 is 34.3 Å². The van der Waals surface area contributed by atoms with E-state index in [1.165, 1.54) is 23.1 Å². The van der Waals surface area contributed by atoms with Crippen LogP contribution in [0.5, 0.6) is 0 Å². The number of hydrogen-bond donors (Lipinski definition) is 1. The van der Waals surface area contributed by atoms with Crippen molar-refractivity contribution in [3.8, 4) is 0 Å². The molecule has 2 rings (SSSR count). The third-order valence-electron chi connectivity index (χ3n) is 5.02. The first-order valence-electron chi connectivity index (χ1n) is 10.5. The lowest BCUT2D eigenvalue weighted by atomic mass is 10.1. The van der Waals surface area contributed by atoms with Crippen molar-refractivity contribution in [3.05, 3.63) is 66.0 Å². The smallest absolute Gasteiger partial charge is 0.244 e. The number of carbonyl (C=O) groups excluding carboxylic acids is 2. The summed E-state index contributed by atoms with van der Waals surface area (Å²) in [7, 11) is -3.78. The van der Waals surface area contributed by atoms with Crippen molar-refractivity contribution in [2.75, 3.05) is 23.7 Å². The van der Waals surface area contributed by atoms with Crippen LogP contribution in [0, 0.1) is 5.82 Å². The molecule has 0 bridgehead atoms. The van der Waals surface area contributed by atoms with E-state index >= 15 is 0 Å². The van der Waals surface area contributed by atoms with Crippen LogP contribution in [0.3, 0.4) is 0 Å². The van der Waals surface area contributed by atoms with Gasteiger partial charge in [-0.15, -0.1) is 0 Å². The third-order valence-corrected chi connectivity index (χ3v) is 6.16. The fourth-order valence-corrected chi connectivity index (χ4v) is 3.99. The molecule has 0 unspecified atom stereocenters. The Kier molecular flexibility index (Phi) is 9.19. The Hall–Kier alpha value is -2.94. The Labute approximate surface area is 189 Å². The first kappa shape index (κ1) is 25.3. The zero-order valence-electron chi connectivity index (χ0n) is 18.6. The standard InChI is InChI=1S/C23H30FN3O4S/c1-4-5-15-25-23(29)18(2)26(16-19-11-9-10-14-21(19)24)22(28)17-27(32(3,30)31)20-12-7-6-8-13-20/h6-14,18H,4-5,15-17H2,1-3H3,(H,25,29)/t18-/m0/s1. The molecule has 174 valence electrons. The maximum Gasteiger partial charge on any atom is 0.244 e. The fraction of sp³-hybridized carbons (Fsp3) is 0.391. The highest BCUT2D eigenvalue weighted by Crippen LogP contribution is 2.19. The number of amides is 2. The summed E-state index contributed by atoms with van der Waals surface area (Å²) in [6.45, 7) is 3.32. The molecule has 2 amide bonds. The van der Waals surface area contributed by atoms with Crippen molar-refractivity contribution in [2.45, 2.75) is 39.3 Å². The molecule has 9 heteroatoms. The van der Waals surface area contributed by atoms with Crippen LogP contribution in [0.4, 0.5) is 10.1 Å². The van der Waals surface area contributed by atoms with Crippen LogP contribution in [0.25, 0.3) is 0 Å². The van der Waals surface area contributed by atoms with Gasteiger partial charge in [-0.2, -0.15) is 0 Å². The monoisotopic (exact) mass is 463 g/mol. The maximum atomic E-state index is 14.3. The third kappa shape index (κ3) is 7.05. The summed E-state index contributed by atoms with van der Waals surface area (Å²) in [6.07, 6.45) is 2.69. The SMILES string of the molecule is CCCCNC(=O)[C@H](C)N(Cc1ccccc1F)C(=O)CN(c1ccccc1)S(C)(=O)=O. The lowest BCUT2D eigenvalue weighted by Crippen LogP contribution is -2.51. The highest BCUT2D eigenvalue weighted by Gasteiger charge is 2.30. The number of sulfonamides is 1. The van der Waals surface area contributed by atoms with Crippen LogP contribution in [-0.2, 0) is 26.2 Å². The topological polar surface area (TPSA) is 86.8 Å². The van der Waals surface area contributed by atoms with Crippen LogP contribution in [0.2, 0.25) is 0 Å². The molecule has 0 aliphatic heterocycles. The normalized spacial score (nSPS) is 12.1. The Morgan fingerprint density at radius 2 is 1.69 bits per heavy atom. The van der Waals surface area contributed by atoms with Gasteiger partial charge in [-0.1, -0.05) is 49.7 Å². The molecule has 1 N–H and O–H groups in total. The van der Waals surface area contributed by atoms with Gasteiger partial charge in [-0.3, -0.25) is 13.9 Å². The van der Waals surface area contributed by atoms with Gasteiger partial charge in [0, 0.05) is 18.7 Å². The van der Waals surface area contributed by atoms with E-state index in [2.05, 4.69) is 5.32 Å². The molecule has 0 saturated carbocycles. The number of nitrogens with one attached hydrogen (secondary N) is 1. The summed E-state index contributed by atoms with van der Waals surface area (Å²) < 4.78 is 40.1. The number of carbonyl (C=O) groups is 2. The molecule has 0 aliphatic carbocycles. The van der Waals surface area contributed by atoms with Gasteiger partial charge in [-0.25, -0.2) is 12.8 Å². The predicted octanol–water partition coefficient (Wildman–Crippen LogP) is 2.93. The van der Waals surface area contributed by atoms with Gasteiger partial charge >= 0.3 is 0 Å². The van der Waals surface area contributed by atoms with Crippen LogP contribution in [-0.4, -0.2) is 50.5 Å². The quantitative estimate of drug-likeness (QED) is 0.519. The molecule has 0 fully saturated rings. The van der Waals surface area contributed by atoms with Crippen LogP contribution < -0.4 is 9.62 Å². The number of halogens is 1. The molecule has 0 spiro atoms. The second-order valence-corrected chi connectivity index (χ2v) is 9.45. The van der Waals surface area contributed by atoms with E-state index in [0.717, 1.165) is 23.4 Å². The molecule has 0 saturated heterocycles. The zero-order valence-corrected chi connectivity index (χ0v) is 19.4. The molecule has 7 nitrogen and oxygen atoms in total. The lowest BCUT2D eigenvalue weighted by molar-refractivity contribution is -0.139. The van der Waals surface area contributed by atoms with Crippen molar-refractivity contribution in [2.24, 2.45) is 0 Å². The number of rotatable bonds is 11. The molecule has 0 heterocycles. The molecule has 0 aliphatic rings. The average Bonchev–Trinajstić information content (AvgIpc) is 2.76. The lowest BCUT2D eigenvalue weighted by Gasteiger charge is -2.31. The number of nitrogens with zero attached hydrogens (tertiary/aromatic N) is 2. The van der Waals surface area contributed by atoms with Crippen molar-refractivity contribution in [1.82, 2.24) is 10.2 Å². The van der Waals surface area contributed by atoms with E-state index in [0.29, 0.717) is 12.2 Å². The summed E-state index contributed by atoms with van der Waals surface area (Å²) in [5.41, 5.74) is 0.564. The van der Waals surface area contributed by atoms with Gasteiger partial charge < -0.3 is 10.2 Å². The summed E-state index contributed by atoms with van der Waals surface area (Å²) >= 11 is 0. The van der Waals surface area contributed by atoms with Crippen molar-refractivity contribution in [1.29, 1.82) is 0 Å². The number of para-hydroxylation sites is 1. The second kappa shape index (κ2) is 11.6. The zero-order chi connectivity index (χ0) is 23.7. The Bertz CT molecular complexity index is 1010. The summed E-state index contributed by atoms with van der Waals surface area (Å²) in [5.74, 6) is -1.50. The van der Waals surface area contributed by atoms with Crippen molar-refractivity contribution >= 4 is 27.5 Å². The number of hydrogen-bond acceptors (Lipinski definition) is 4. The molecular formula is C23H30FN3O4S. The minimum Gasteiger partial charge on any atom is -0.354 e. The maximum absolute atomic E-state index is 14.3. The Morgan fingerprint density at radius 3 is 2.28 bits per heavy atom. The highest BCUT2D eigenvalue weighted by atomic mass is 32.2. The number of anilines is 1. The van der Waals surface area contributed by atoms with Gasteiger partial charge in [0.15, 0.2) is 0 Å². The number of unbranched alkanes of at least 4 members (excludes halogenated alkanes) is 1. The van der Waals surface area contributed by atoms with E-state index in [1.54, 1.807) is 43.3 Å². The number of benzene rings is 2. The minimum atomic E-state index is -3.78. The molecule has 0 radical (unpaired) electrons. The molecule has 32 heavy (non-hydrogen) atoms. The molecule has 0 aromatic heterocycles. The van der Waals surface area contributed by atoms with E-state index in [9.17, 15) is 22.4 Å². The minimum absolute atomic E-state index is 0.166. The Balaban J connectivity index is 2.33. The van der Waals surface area contributed by atoms with Gasteiger partial charge in [0.05, 0.1) is 11.9 Å². The molecular weight excluding hydrogens is 433 g/mol. The average molecular weight is 464 g/mol. The molecule has 2 aromatic carbocycles. The van der Waals surface area contributed by atoms with Crippen LogP contribution in [0.1, 0.15) is 32.3 Å².